The number of ether oxygens (including phenoxy) is 1. The number of rotatable bonds is 4. The summed E-state index contributed by atoms with van der Waals surface area (Å²) in [5.74, 6) is 0.361. The summed E-state index contributed by atoms with van der Waals surface area (Å²) in [4.78, 5) is 0.273. The average Bonchev–Trinajstić information content (AvgIpc) is 2.47. The normalized spacial score (nSPS) is 24.2. The minimum absolute atomic E-state index is 0.0648. The quantitative estimate of drug-likeness (QED) is 0.871. The Kier molecular flexibility index (Phi) is 5.43. The first-order valence-corrected chi connectivity index (χ1v) is 9.15. The average molecular weight is 377 g/mol. The predicted octanol–water partition coefficient (Wildman–Crippen LogP) is 1.95. The van der Waals surface area contributed by atoms with Gasteiger partial charge in [0.1, 0.15) is 0 Å². The smallest absolute Gasteiger partial charge is 0.244 e. The molecule has 1 heterocycles. The molecule has 2 N–H and O–H groups in total. The van der Waals surface area contributed by atoms with E-state index in [0.29, 0.717) is 30.0 Å². The Balaban J connectivity index is 2.34. The molecule has 0 bridgehead atoms. The molecular formula is C14H21BrN2O3S. The third-order valence-electron chi connectivity index (χ3n) is 4.00. The Morgan fingerprint density at radius 1 is 1.48 bits per heavy atom. The van der Waals surface area contributed by atoms with Crippen LogP contribution in [0.3, 0.4) is 0 Å². The van der Waals surface area contributed by atoms with Crippen LogP contribution in [0.5, 0.6) is 0 Å². The molecule has 0 radical (unpaired) electrons. The lowest BCUT2D eigenvalue weighted by Crippen LogP contribution is -2.46. The molecule has 0 amide bonds. The van der Waals surface area contributed by atoms with Crippen LogP contribution in [0.1, 0.15) is 18.9 Å². The van der Waals surface area contributed by atoms with Crippen molar-refractivity contribution in [3.63, 3.8) is 0 Å². The number of hydrogen-bond donors (Lipinski definition) is 1. The lowest BCUT2D eigenvalue weighted by atomic mass is 9.97. The van der Waals surface area contributed by atoms with Gasteiger partial charge in [0.15, 0.2) is 0 Å². The number of halogens is 1. The molecule has 1 aliphatic heterocycles. The van der Waals surface area contributed by atoms with Gasteiger partial charge in [-0.1, -0.05) is 13.0 Å². The van der Waals surface area contributed by atoms with Crippen LogP contribution in [0, 0.1) is 5.92 Å². The van der Waals surface area contributed by atoms with E-state index in [4.69, 9.17) is 10.5 Å². The maximum Gasteiger partial charge on any atom is 0.244 e. The van der Waals surface area contributed by atoms with Crippen LogP contribution in [-0.2, 0) is 21.3 Å². The molecule has 2 rings (SSSR count). The summed E-state index contributed by atoms with van der Waals surface area (Å²) in [5.41, 5.74) is 6.41. The van der Waals surface area contributed by atoms with Gasteiger partial charge >= 0.3 is 0 Å². The summed E-state index contributed by atoms with van der Waals surface area (Å²) in [6.07, 6.45) is 0.733. The third kappa shape index (κ3) is 3.48. The molecular weight excluding hydrogens is 356 g/mol. The number of piperidine rings is 1. The van der Waals surface area contributed by atoms with Crippen LogP contribution in [0.25, 0.3) is 0 Å². The fraction of sp³-hybridized carbons (Fsp3) is 0.571. The predicted molar refractivity (Wildman–Crippen MR) is 85.4 cm³/mol. The van der Waals surface area contributed by atoms with Crippen molar-refractivity contribution in [3.05, 3.63) is 28.2 Å². The maximum atomic E-state index is 12.8. The molecule has 1 aliphatic rings. The van der Waals surface area contributed by atoms with Crippen molar-refractivity contribution >= 4 is 26.0 Å². The molecule has 2 unspecified atom stereocenters. The van der Waals surface area contributed by atoms with Crippen molar-refractivity contribution in [2.75, 3.05) is 20.2 Å². The first-order valence-electron chi connectivity index (χ1n) is 6.91. The molecule has 1 fully saturated rings. The Labute approximate surface area is 134 Å². The van der Waals surface area contributed by atoms with Gasteiger partial charge in [-0.25, -0.2) is 8.42 Å². The van der Waals surface area contributed by atoms with Crippen molar-refractivity contribution in [3.8, 4) is 0 Å². The number of sulfonamides is 1. The van der Waals surface area contributed by atoms with Crippen molar-refractivity contribution in [1.82, 2.24) is 4.31 Å². The summed E-state index contributed by atoms with van der Waals surface area (Å²) in [7, 11) is -1.91. The highest BCUT2D eigenvalue weighted by Gasteiger charge is 2.34. The van der Waals surface area contributed by atoms with E-state index in [0.717, 1.165) is 12.0 Å². The Bertz CT molecular complexity index is 606. The lowest BCUT2D eigenvalue weighted by molar-refractivity contribution is 0.0183. The number of methoxy groups -OCH3 is 1. The van der Waals surface area contributed by atoms with E-state index >= 15 is 0 Å². The second-order valence-electron chi connectivity index (χ2n) is 5.37. The van der Waals surface area contributed by atoms with Crippen LogP contribution < -0.4 is 5.73 Å². The fourth-order valence-corrected chi connectivity index (χ4v) is 4.98. The summed E-state index contributed by atoms with van der Waals surface area (Å²) in [6, 6.07) is 5.19. The Hall–Kier alpha value is -0.470. The number of benzene rings is 1. The highest BCUT2D eigenvalue weighted by molar-refractivity contribution is 9.10. The zero-order chi connectivity index (χ0) is 15.6. The molecule has 1 aromatic carbocycles. The van der Waals surface area contributed by atoms with Crippen molar-refractivity contribution in [2.45, 2.75) is 30.9 Å². The van der Waals surface area contributed by atoms with Gasteiger partial charge in [0.25, 0.3) is 0 Å². The molecule has 118 valence electrons. The molecule has 0 aromatic heterocycles. The summed E-state index contributed by atoms with van der Waals surface area (Å²) in [6.45, 7) is 3.30. The Morgan fingerprint density at radius 2 is 2.19 bits per heavy atom. The standard InChI is InChI=1S/C14H21BrN2O3S/c1-10-5-6-17(9-13(10)20-2)21(18,19)14-7-11(8-16)3-4-12(14)15/h3-4,7,10,13H,5-6,8-9,16H2,1-2H3. The highest BCUT2D eigenvalue weighted by atomic mass is 79.9. The van der Waals surface area contributed by atoms with Crippen molar-refractivity contribution in [2.24, 2.45) is 11.7 Å². The SMILES string of the molecule is COC1CN(S(=O)(=O)c2cc(CN)ccc2Br)CCC1C. The monoisotopic (exact) mass is 376 g/mol. The van der Waals surface area contributed by atoms with E-state index in [1.807, 2.05) is 6.07 Å². The minimum atomic E-state index is -3.54. The van der Waals surface area contributed by atoms with Gasteiger partial charge in [0.05, 0.1) is 11.0 Å². The van der Waals surface area contributed by atoms with E-state index in [1.165, 1.54) is 4.31 Å². The fourth-order valence-electron chi connectivity index (χ4n) is 2.54. The molecule has 5 nitrogen and oxygen atoms in total. The molecule has 1 saturated heterocycles. The van der Waals surface area contributed by atoms with Crippen LogP contribution in [0.2, 0.25) is 0 Å². The second-order valence-corrected chi connectivity index (χ2v) is 8.13. The minimum Gasteiger partial charge on any atom is -0.380 e. The molecule has 0 saturated carbocycles. The molecule has 0 spiro atoms. The van der Waals surface area contributed by atoms with E-state index in [1.54, 1.807) is 19.2 Å². The van der Waals surface area contributed by atoms with Crippen LogP contribution >= 0.6 is 15.9 Å². The van der Waals surface area contributed by atoms with Gasteiger partial charge in [-0.2, -0.15) is 4.31 Å². The van der Waals surface area contributed by atoms with Crippen molar-refractivity contribution < 1.29 is 13.2 Å². The van der Waals surface area contributed by atoms with E-state index in [9.17, 15) is 8.42 Å². The summed E-state index contributed by atoms with van der Waals surface area (Å²) in [5, 5.41) is 0. The van der Waals surface area contributed by atoms with Gasteiger partial charge in [0, 0.05) is 31.2 Å². The van der Waals surface area contributed by atoms with Crippen molar-refractivity contribution in [1.29, 1.82) is 0 Å². The number of nitrogens with zero attached hydrogens (tertiary/aromatic N) is 1. The highest BCUT2D eigenvalue weighted by Crippen LogP contribution is 2.30. The first-order chi connectivity index (χ1) is 9.90. The van der Waals surface area contributed by atoms with Gasteiger partial charge in [-0.05, 0) is 46.0 Å². The first kappa shape index (κ1) is 16.9. The second kappa shape index (κ2) is 6.75. The Morgan fingerprint density at radius 3 is 2.81 bits per heavy atom. The van der Waals surface area contributed by atoms with Crippen LogP contribution in [0.15, 0.2) is 27.6 Å². The van der Waals surface area contributed by atoms with Gasteiger partial charge in [-0.15, -0.1) is 0 Å². The molecule has 1 aromatic rings. The van der Waals surface area contributed by atoms with Gasteiger partial charge in [-0.3, -0.25) is 0 Å². The third-order valence-corrected chi connectivity index (χ3v) is 6.86. The van der Waals surface area contributed by atoms with E-state index in [2.05, 4.69) is 22.9 Å². The number of nitrogens with two attached hydrogens (primary N) is 1. The van der Waals surface area contributed by atoms with Gasteiger partial charge < -0.3 is 10.5 Å². The summed E-state index contributed by atoms with van der Waals surface area (Å²) >= 11 is 3.33. The largest absolute Gasteiger partial charge is 0.380 e. The summed E-state index contributed by atoms with van der Waals surface area (Å²) < 4.78 is 33.2. The van der Waals surface area contributed by atoms with Crippen LogP contribution in [0.4, 0.5) is 0 Å². The molecule has 21 heavy (non-hydrogen) atoms. The van der Waals surface area contributed by atoms with E-state index in [-0.39, 0.29) is 11.0 Å². The molecule has 0 aliphatic carbocycles. The lowest BCUT2D eigenvalue weighted by Gasteiger charge is -2.35. The van der Waals surface area contributed by atoms with E-state index < -0.39 is 10.0 Å². The zero-order valence-electron chi connectivity index (χ0n) is 12.3. The molecule has 7 heteroatoms. The topological polar surface area (TPSA) is 72.6 Å². The van der Waals surface area contributed by atoms with Gasteiger partial charge in [0.2, 0.25) is 10.0 Å². The number of hydrogen-bond acceptors (Lipinski definition) is 4. The zero-order valence-corrected chi connectivity index (χ0v) is 14.7. The van der Waals surface area contributed by atoms with Crippen LogP contribution in [-0.4, -0.2) is 39.0 Å². The maximum absolute atomic E-state index is 12.8. The molecule has 2 atom stereocenters.